The van der Waals surface area contributed by atoms with E-state index in [4.69, 9.17) is 10.5 Å². The Hall–Kier alpha value is -0.570. The Morgan fingerprint density at radius 1 is 1.46 bits per heavy atom. The third-order valence-corrected chi connectivity index (χ3v) is 3.51. The van der Waals surface area contributed by atoms with E-state index in [-0.39, 0.29) is 5.97 Å². The number of ether oxygens (including phenoxy) is 1. The monoisotopic (exact) mass is 183 g/mol. The molecule has 2 atom stereocenters. The number of rotatable bonds is 2. The van der Waals surface area contributed by atoms with Gasteiger partial charge in [-0.2, -0.15) is 0 Å². The predicted molar refractivity (Wildman–Crippen MR) is 49.0 cm³/mol. The van der Waals surface area contributed by atoms with Gasteiger partial charge >= 0.3 is 5.97 Å². The van der Waals surface area contributed by atoms with E-state index in [1.54, 1.807) is 0 Å². The molecule has 2 saturated carbocycles. The third kappa shape index (κ3) is 1.35. The summed E-state index contributed by atoms with van der Waals surface area (Å²) in [6, 6.07) is 0. The van der Waals surface area contributed by atoms with Gasteiger partial charge in [0.25, 0.3) is 0 Å². The van der Waals surface area contributed by atoms with Crippen LogP contribution in [0.5, 0.6) is 0 Å². The third-order valence-electron chi connectivity index (χ3n) is 3.51. The van der Waals surface area contributed by atoms with Crippen molar-refractivity contribution in [3.63, 3.8) is 0 Å². The number of nitrogens with two attached hydrogens (primary N) is 1. The molecule has 2 aliphatic rings. The summed E-state index contributed by atoms with van der Waals surface area (Å²) >= 11 is 0. The Morgan fingerprint density at radius 2 is 2.00 bits per heavy atom. The quantitative estimate of drug-likeness (QED) is 0.651. The maximum Gasteiger partial charge on any atom is 0.326 e. The fourth-order valence-electron chi connectivity index (χ4n) is 2.64. The second-order valence-corrected chi connectivity index (χ2v) is 4.38. The Bertz CT molecular complexity index is 215. The molecule has 74 valence electrons. The van der Waals surface area contributed by atoms with Gasteiger partial charge in [-0.05, 0) is 44.4 Å². The van der Waals surface area contributed by atoms with Gasteiger partial charge in [0.15, 0.2) is 0 Å². The van der Waals surface area contributed by atoms with Gasteiger partial charge in [0.2, 0.25) is 0 Å². The first-order valence-corrected chi connectivity index (χ1v) is 5.12. The average Bonchev–Trinajstić information content (AvgIpc) is 2.30. The highest BCUT2D eigenvalue weighted by molar-refractivity contribution is 5.81. The first-order chi connectivity index (χ1) is 6.15. The van der Waals surface area contributed by atoms with Crippen molar-refractivity contribution in [1.29, 1.82) is 0 Å². The van der Waals surface area contributed by atoms with E-state index in [0.717, 1.165) is 12.8 Å². The fraction of sp³-hybridized carbons (Fsp3) is 0.900. The summed E-state index contributed by atoms with van der Waals surface area (Å²) in [5.41, 5.74) is 5.38. The largest absolute Gasteiger partial charge is 0.465 e. The van der Waals surface area contributed by atoms with Gasteiger partial charge in [-0.1, -0.05) is 0 Å². The number of esters is 1. The minimum atomic E-state index is -0.651. The van der Waals surface area contributed by atoms with Crippen molar-refractivity contribution in [2.45, 2.75) is 38.1 Å². The molecule has 0 radical (unpaired) electrons. The van der Waals surface area contributed by atoms with Gasteiger partial charge < -0.3 is 10.5 Å². The van der Waals surface area contributed by atoms with Crippen LogP contribution < -0.4 is 5.73 Å². The second kappa shape index (κ2) is 2.98. The molecule has 2 N–H and O–H groups in total. The van der Waals surface area contributed by atoms with E-state index in [0.29, 0.717) is 18.4 Å². The average molecular weight is 183 g/mol. The lowest BCUT2D eigenvalue weighted by molar-refractivity contribution is -0.149. The van der Waals surface area contributed by atoms with Crippen LogP contribution in [0.4, 0.5) is 0 Å². The van der Waals surface area contributed by atoms with Crippen LogP contribution in [0.3, 0.4) is 0 Å². The van der Waals surface area contributed by atoms with Crippen LogP contribution in [-0.2, 0) is 9.53 Å². The normalized spacial score (nSPS) is 42.3. The van der Waals surface area contributed by atoms with Gasteiger partial charge in [-0.15, -0.1) is 0 Å². The van der Waals surface area contributed by atoms with Gasteiger partial charge in [0, 0.05) is 0 Å². The minimum Gasteiger partial charge on any atom is -0.465 e. The molecular formula is C10H17NO2. The van der Waals surface area contributed by atoms with Gasteiger partial charge in [-0.25, -0.2) is 0 Å². The maximum atomic E-state index is 11.5. The van der Waals surface area contributed by atoms with E-state index in [1.165, 1.54) is 12.8 Å². The SMILES string of the molecule is CCOC(=O)C1(N)CC2CCC2C1. The van der Waals surface area contributed by atoms with Crippen molar-refractivity contribution in [3.05, 3.63) is 0 Å². The summed E-state index contributed by atoms with van der Waals surface area (Å²) in [4.78, 5) is 11.5. The van der Waals surface area contributed by atoms with Crippen LogP contribution in [0.15, 0.2) is 0 Å². The topological polar surface area (TPSA) is 52.3 Å². The summed E-state index contributed by atoms with van der Waals surface area (Å²) in [6.45, 7) is 2.26. The van der Waals surface area contributed by atoms with Crippen molar-refractivity contribution in [2.24, 2.45) is 17.6 Å². The van der Waals surface area contributed by atoms with Crippen LogP contribution in [0, 0.1) is 11.8 Å². The highest BCUT2D eigenvalue weighted by Gasteiger charge is 2.51. The zero-order valence-corrected chi connectivity index (χ0v) is 8.08. The second-order valence-electron chi connectivity index (χ2n) is 4.38. The van der Waals surface area contributed by atoms with Crippen LogP contribution in [0.2, 0.25) is 0 Å². The molecule has 2 unspecified atom stereocenters. The molecule has 0 amide bonds. The van der Waals surface area contributed by atoms with Crippen molar-refractivity contribution in [1.82, 2.24) is 0 Å². The number of hydrogen-bond donors (Lipinski definition) is 1. The van der Waals surface area contributed by atoms with Crippen molar-refractivity contribution < 1.29 is 9.53 Å². The minimum absolute atomic E-state index is 0.190. The van der Waals surface area contributed by atoms with E-state index in [9.17, 15) is 4.79 Å². The Kier molecular flexibility index (Phi) is 2.06. The molecule has 2 rings (SSSR count). The molecular weight excluding hydrogens is 166 g/mol. The van der Waals surface area contributed by atoms with E-state index in [1.807, 2.05) is 6.92 Å². The molecule has 0 heterocycles. The predicted octanol–water partition coefficient (Wildman–Crippen LogP) is 1.07. The van der Waals surface area contributed by atoms with Crippen molar-refractivity contribution in [2.75, 3.05) is 6.61 Å². The molecule has 0 saturated heterocycles. The molecule has 3 nitrogen and oxygen atoms in total. The standard InChI is InChI=1S/C10H17NO2/c1-2-13-9(12)10(11)5-7-3-4-8(7)6-10/h7-8H,2-6,11H2,1H3. The zero-order chi connectivity index (χ0) is 9.47. The Morgan fingerprint density at radius 3 is 2.38 bits per heavy atom. The smallest absolute Gasteiger partial charge is 0.326 e. The molecule has 0 aliphatic heterocycles. The molecule has 3 heteroatoms. The summed E-state index contributed by atoms with van der Waals surface area (Å²) < 4.78 is 4.99. The first-order valence-electron chi connectivity index (χ1n) is 5.12. The van der Waals surface area contributed by atoms with Gasteiger partial charge in [0.05, 0.1) is 6.61 Å². The van der Waals surface area contributed by atoms with Gasteiger partial charge in [0.1, 0.15) is 5.54 Å². The maximum absolute atomic E-state index is 11.5. The van der Waals surface area contributed by atoms with Crippen LogP contribution >= 0.6 is 0 Å². The van der Waals surface area contributed by atoms with Crippen molar-refractivity contribution in [3.8, 4) is 0 Å². The molecule has 13 heavy (non-hydrogen) atoms. The number of fused-ring (bicyclic) bond motifs is 1. The summed E-state index contributed by atoms with van der Waals surface area (Å²) in [5, 5.41) is 0. The highest BCUT2D eigenvalue weighted by atomic mass is 16.5. The number of hydrogen-bond acceptors (Lipinski definition) is 3. The Labute approximate surface area is 78.6 Å². The number of carbonyl (C=O) groups excluding carboxylic acids is 1. The summed E-state index contributed by atoms with van der Waals surface area (Å²) in [7, 11) is 0. The first kappa shape index (κ1) is 9.00. The van der Waals surface area contributed by atoms with Crippen LogP contribution in [-0.4, -0.2) is 18.1 Å². The summed E-state index contributed by atoms with van der Waals surface area (Å²) in [5.74, 6) is 1.22. The van der Waals surface area contributed by atoms with Crippen LogP contribution in [0.1, 0.15) is 32.6 Å². The molecule has 0 aromatic carbocycles. The molecule has 0 aromatic rings. The highest BCUT2D eigenvalue weighted by Crippen LogP contribution is 2.50. The van der Waals surface area contributed by atoms with E-state index in [2.05, 4.69) is 0 Å². The van der Waals surface area contributed by atoms with E-state index >= 15 is 0 Å². The van der Waals surface area contributed by atoms with Crippen molar-refractivity contribution >= 4 is 5.97 Å². The molecule has 0 aromatic heterocycles. The molecule has 0 bridgehead atoms. The zero-order valence-electron chi connectivity index (χ0n) is 8.08. The molecule has 2 fully saturated rings. The lowest BCUT2D eigenvalue weighted by atomic mass is 9.77. The lowest BCUT2D eigenvalue weighted by Crippen LogP contribution is -2.46. The molecule has 0 spiro atoms. The number of carbonyl (C=O) groups is 1. The van der Waals surface area contributed by atoms with Gasteiger partial charge in [-0.3, -0.25) is 4.79 Å². The van der Waals surface area contributed by atoms with E-state index < -0.39 is 5.54 Å². The van der Waals surface area contributed by atoms with Crippen LogP contribution in [0.25, 0.3) is 0 Å². The molecule has 2 aliphatic carbocycles. The fourth-order valence-corrected chi connectivity index (χ4v) is 2.64. The Balaban J connectivity index is 2.00. The summed E-state index contributed by atoms with van der Waals surface area (Å²) in [6.07, 6.45) is 4.19. The lowest BCUT2D eigenvalue weighted by Gasteiger charge is -2.29.